The first kappa shape index (κ1) is 34.2. The Bertz CT molecular complexity index is 3100. The molecular weight excluding hydrogens is 707 g/mol. The summed E-state index contributed by atoms with van der Waals surface area (Å²) in [6.07, 6.45) is 0. The summed E-state index contributed by atoms with van der Waals surface area (Å²) in [7, 11) is 0. The van der Waals surface area contributed by atoms with Gasteiger partial charge >= 0.3 is 0 Å². The molecule has 0 fully saturated rings. The molecule has 0 bridgehead atoms. The number of hydrogen-bond donors (Lipinski definition) is 0. The van der Waals surface area contributed by atoms with Crippen molar-refractivity contribution in [1.82, 2.24) is 0 Å². The second-order valence-electron chi connectivity index (χ2n) is 15.9. The largest absolute Gasteiger partial charge is 0.452 e. The Morgan fingerprint density at radius 3 is 1.36 bits per heavy atom. The number of hydrogen-bond acceptors (Lipinski definition) is 3. The van der Waals surface area contributed by atoms with E-state index < -0.39 is 0 Å². The lowest BCUT2D eigenvalue weighted by Gasteiger charge is -2.28. The molecule has 0 amide bonds. The Hall–Kier alpha value is -7.10. The maximum Gasteiger partial charge on any atom is 0.178 e. The lowest BCUT2D eigenvalue weighted by Crippen LogP contribution is -2.12. The molecule has 0 aliphatic carbocycles. The van der Waals surface area contributed by atoms with E-state index in [4.69, 9.17) is 8.83 Å². The highest BCUT2D eigenvalue weighted by molar-refractivity contribution is 6.21. The maximum atomic E-state index is 6.78. The Kier molecular flexibility index (Phi) is 7.81. The van der Waals surface area contributed by atoms with Crippen LogP contribution in [0, 0.1) is 27.7 Å². The summed E-state index contributed by atoms with van der Waals surface area (Å²) in [5.74, 6) is 0.118. The van der Waals surface area contributed by atoms with Gasteiger partial charge in [-0.1, -0.05) is 109 Å². The van der Waals surface area contributed by atoms with Crippen LogP contribution in [0.1, 0.15) is 44.9 Å². The summed E-state index contributed by atoms with van der Waals surface area (Å²) in [6.45, 7) is 8.77. The fourth-order valence-corrected chi connectivity index (χ4v) is 9.26. The molecule has 0 atom stereocenters. The van der Waals surface area contributed by atoms with Crippen LogP contribution in [0.25, 0.3) is 65.4 Å². The van der Waals surface area contributed by atoms with Crippen LogP contribution in [-0.4, -0.2) is 0 Å². The molecule has 0 spiro atoms. The molecule has 0 aliphatic heterocycles. The third-order valence-electron chi connectivity index (χ3n) is 12.3. The summed E-state index contributed by atoms with van der Waals surface area (Å²) in [5, 5.41) is 8.91. The lowest BCUT2D eigenvalue weighted by molar-refractivity contribution is 0.634. The molecule has 2 aromatic heterocycles. The predicted molar refractivity (Wildman–Crippen MR) is 243 cm³/mol. The van der Waals surface area contributed by atoms with E-state index in [1.54, 1.807) is 0 Å². The van der Waals surface area contributed by atoms with Crippen LogP contribution < -0.4 is 4.90 Å². The van der Waals surface area contributed by atoms with Gasteiger partial charge in [-0.25, -0.2) is 0 Å². The Morgan fingerprint density at radius 2 is 0.845 bits per heavy atom. The molecule has 0 unspecified atom stereocenters. The fraction of sp³-hybridized carbons (Fsp3) is 0.0909. The smallest absolute Gasteiger partial charge is 0.178 e. The minimum Gasteiger partial charge on any atom is -0.452 e. The standard InChI is InChI=1S/C55H41NO2/c1-33-13-5-9-17-43(33)53(44-18-10-6-14-34(44)2)39-22-21-37-29-47-45-25-26-46-48-30-38-23-24-42(56(49-19-11-7-15-35(49)3)50-20-12-8-16-36(50)4)28-41(38)32-52(48)58-55(46)54(45)57-51(47)31-40(37)27-39/h5-32,53H,1-4H3. The zero-order chi connectivity index (χ0) is 39.1. The van der Waals surface area contributed by atoms with Gasteiger partial charge in [0.05, 0.1) is 0 Å². The third kappa shape index (κ3) is 5.42. The summed E-state index contributed by atoms with van der Waals surface area (Å²) >= 11 is 0. The molecule has 278 valence electrons. The van der Waals surface area contributed by atoms with Gasteiger partial charge in [0.15, 0.2) is 11.2 Å². The van der Waals surface area contributed by atoms with E-state index in [9.17, 15) is 0 Å². The van der Waals surface area contributed by atoms with Gasteiger partial charge < -0.3 is 13.7 Å². The van der Waals surface area contributed by atoms with Gasteiger partial charge in [0.1, 0.15) is 11.2 Å². The number of rotatable bonds is 6. The Balaban J connectivity index is 1.04. The van der Waals surface area contributed by atoms with E-state index >= 15 is 0 Å². The van der Waals surface area contributed by atoms with Gasteiger partial charge in [-0.3, -0.25) is 0 Å². The molecule has 11 rings (SSSR count). The number of para-hydroxylation sites is 2. The number of fused-ring (bicyclic) bond motifs is 9. The molecule has 0 saturated carbocycles. The number of furan rings is 2. The molecule has 0 N–H and O–H groups in total. The number of anilines is 3. The second kappa shape index (κ2) is 13.2. The average molecular weight is 748 g/mol. The average Bonchev–Trinajstić information content (AvgIpc) is 3.79. The van der Waals surface area contributed by atoms with Crippen molar-refractivity contribution < 1.29 is 8.83 Å². The molecule has 2 heterocycles. The molecule has 0 radical (unpaired) electrons. The van der Waals surface area contributed by atoms with Crippen molar-refractivity contribution in [2.24, 2.45) is 0 Å². The van der Waals surface area contributed by atoms with Crippen molar-refractivity contribution in [3.05, 3.63) is 209 Å². The van der Waals surface area contributed by atoms with E-state index in [-0.39, 0.29) is 5.92 Å². The zero-order valence-electron chi connectivity index (χ0n) is 33.0. The molecule has 0 saturated heterocycles. The van der Waals surface area contributed by atoms with Crippen molar-refractivity contribution in [3.63, 3.8) is 0 Å². The summed E-state index contributed by atoms with van der Waals surface area (Å²) in [6, 6.07) is 61.6. The minimum absolute atomic E-state index is 0.118. The summed E-state index contributed by atoms with van der Waals surface area (Å²) in [4.78, 5) is 2.36. The van der Waals surface area contributed by atoms with E-state index in [1.807, 2.05) is 0 Å². The van der Waals surface area contributed by atoms with Crippen molar-refractivity contribution in [3.8, 4) is 0 Å². The van der Waals surface area contributed by atoms with Gasteiger partial charge in [-0.05, 0) is 149 Å². The fourth-order valence-electron chi connectivity index (χ4n) is 9.26. The first-order valence-corrected chi connectivity index (χ1v) is 20.1. The second-order valence-corrected chi connectivity index (χ2v) is 15.9. The van der Waals surface area contributed by atoms with Crippen LogP contribution in [0.2, 0.25) is 0 Å². The molecule has 11 aromatic rings. The van der Waals surface area contributed by atoms with Crippen molar-refractivity contribution in [2.75, 3.05) is 4.90 Å². The molecule has 3 nitrogen and oxygen atoms in total. The lowest BCUT2D eigenvalue weighted by atomic mass is 9.81. The highest BCUT2D eigenvalue weighted by atomic mass is 16.4. The van der Waals surface area contributed by atoms with Gasteiger partial charge in [0.2, 0.25) is 0 Å². The van der Waals surface area contributed by atoms with Crippen LogP contribution in [0.15, 0.2) is 179 Å². The molecule has 9 aromatic carbocycles. The topological polar surface area (TPSA) is 29.5 Å². The normalized spacial score (nSPS) is 11.9. The third-order valence-corrected chi connectivity index (χ3v) is 12.3. The highest BCUT2D eigenvalue weighted by Gasteiger charge is 2.23. The maximum absolute atomic E-state index is 6.78. The molecular formula is C55H41NO2. The minimum atomic E-state index is 0.118. The van der Waals surface area contributed by atoms with Gasteiger partial charge in [0, 0.05) is 44.5 Å². The van der Waals surface area contributed by atoms with Crippen LogP contribution in [0.3, 0.4) is 0 Å². The number of benzene rings is 9. The predicted octanol–water partition coefficient (Wildman–Crippen LogP) is 15.7. The van der Waals surface area contributed by atoms with Gasteiger partial charge in [-0.2, -0.15) is 0 Å². The number of aryl methyl sites for hydroxylation is 4. The monoisotopic (exact) mass is 747 g/mol. The highest BCUT2D eigenvalue weighted by Crippen LogP contribution is 2.44. The zero-order valence-corrected chi connectivity index (χ0v) is 33.0. The van der Waals surface area contributed by atoms with Gasteiger partial charge in [-0.15, -0.1) is 0 Å². The Morgan fingerprint density at radius 1 is 0.379 bits per heavy atom. The molecule has 0 aliphatic rings. The van der Waals surface area contributed by atoms with Crippen molar-refractivity contribution >= 4 is 82.5 Å². The van der Waals surface area contributed by atoms with Crippen molar-refractivity contribution in [1.29, 1.82) is 0 Å². The van der Waals surface area contributed by atoms with Crippen LogP contribution in [0.4, 0.5) is 17.1 Å². The van der Waals surface area contributed by atoms with E-state index in [1.165, 1.54) is 44.3 Å². The Labute approximate surface area is 337 Å². The molecule has 58 heavy (non-hydrogen) atoms. The summed E-state index contributed by atoms with van der Waals surface area (Å²) < 4.78 is 13.6. The SMILES string of the molecule is Cc1ccccc1C(c1ccc2cc3c(cc2c1)oc1c3ccc2c3cc4ccc(N(c5ccccc5C)c5ccccc5C)cc4cc3oc21)c1ccccc1C. The van der Waals surface area contributed by atoms with E-state index in [2.05, 4.69) is 202 Å². The summed E-state index contributed by atoms with van der Waals surface area (Å²) in [5.41, 5.74) is 15.6. The van der Waals surface area contributed by atoms with Crippen LogP contribution in [0.5, 0.6) is 0 Å². The molecule has 3 heteroatoms. The van der Waals surface area contributed by atoms with E-state index in [0.29, 0.717) is 0 Å². The number of nitrogens with zero attached hydrogens (tertiary/aromatic N) is 1. The first-order chi connectivity index (χ1) is 28.4. The first-order valence-electron chi connectivity index (χ1n) is 20.1. The van der Waals surface area contributed by atoms with Crippen LogP contribution >= 0.6 is 0 Å². The van der Waals surface area contributed by atoms with E-state index in [0.717, 1.165) is 77.1 Å². The van der Waals surface area contributed by atoms with Gasteiger partial charge in [0.25, 0.3) is 0 Å². The van der Waals surface area contributed by atoms with Crippen LogP contribution in [-0.2, 0) is 0 Å². The quantitative estimate of drug-likeness (QED) is 0.159. The van der Waals surface area contributed by atoms with Crippen molar-refractivity contribution in [2.45, 2.75) is 33.6 Å².